The van der Waals surface area contributed by atoms with Gasteiger partial charge in [0.05, 0.1) is 28.8 Å². The van der Waals surface area contributed by atoms with Crippen molar-refractivity contribution in [3.63, 3.8) is 0 Å². The third kappa shape index (κ3) is 3.50. The Morgan fingerprint density at radius 3 is 2.79 bits per heavy atom. The van der Waals surface area contributed by atoms with E-state index in [0.717, 1.165) is 19.3 Å². The number of nitro groups is 1. The van der Waals surface area contributed by atoms with Gasteiger partial charge in [0.1, 0.15) is 0 Å². The summed E-state index contributed by atoms with van der Waals surface area (Å²) in [4.78, 5) is 27.9. The molecule has 1 saturated heterocycles. The van der Waals surface area contributed by atoms with Gasteiger partial charge in [-0.25, -0.2) is 4.79 Å². The molecule has 0 spiro atoms. The van der Waals surface area contributed by atoms with E-state index in [0.29, 0.717) is 40.3 Å². The molecule has 28 heavy (non-hydrogen) atoms. The van der Waals surface area contributed by atoms with E-state index in [1.165, 1.54) is 16.7 Å². The van der Waals surface area contributed by atoms with Crippen LogP contribution in [0.25, 0.3) is 22.2 Å². The van der Waals surface area contributed by atoms with Crippen LogP contribution in [0.2, 0.25) is 5.02 Å². The fourth-order valence-corrected chi connectivity index (χ4v) is 3.80. The van der Waals surface area contributed by atoms with Gasteiger partial charge in [-0.2, -0.15) is 4.98 Å². The fourth-order valence-electron chi connectivity index (χ4n) is 3.57. The van der Waals surface area contributed by atoms with Crippen LogP contribution in [0.15, 0.2) is 47.3 Å². The van der Waals surface area contributed by atoms with E-state index in [9.17, 15) is 14.9 Å². The number of rotatable bonds is 4. The van der Waals surface area contributed by atoms with Crippen LogP contribution < -0.4 is 5.69 Å². The molecule has 2 aromatic carbocycles. The maximum absolute atomic E-state index is 12.9. The maximum Gasteiger partial charge on any atom is 0.348 e. The van der Waals surface area contributed by atoms with Crippen molar-refractivity contribution < 1.29 is 9.66 Å². The Morgan fingerprint density at radius 1 is 1.25 bits per heavy atom. The van der Waals surface area contributed by atoms with E-state index in [4.69, 9.17) is 16.3 Å². The van der Waals surface area contributed by atoms with Crippen LogP contribution in [-0.4, -0.2) is 27.2 Å². The van der Waals surface area contributed by atoms with Crippen LogP contribution in [0.1, 0.15) is 19.3 Å². The highest BCUT2D eigenvalue weighted by Gasteiger charge is 2.21. The molecule has 144 valence electrons. The molecule has 0 radical (unpaired) electrons. The summed E-state index contributed by atoms with van der Waals surface area (Å²) >= 11 is 6.31. The van der Waals surface area contributed by atoms with Crippen LogP contribution in [0, 0.1) is 10.1 Å². The molecule has 1 aliphatic rings. The second-order valence-electron chi connectivity index (χ2n) is 6.78. The molecule has 3 aromatic rings. The Bertz CT molecular complexity index is 1110. The summed E-state index contributed by atoms with van der Waals surface area (Å²) in [6.07, 6.45) is 2.86. The molecule has 8 heteroatoms. The number of aromatic nitrogens is 2. The highest BCUT2D eigenvalue weighted by Crippen LogP contribution is 2.33. The SMILES string of the molecule is O=c1nc(-c2ccccc2Cl)c2cc([N+](=O)[O-])ccc2n1CC1CCCCO1. The van der Waals surface area contributed by atoms with Crippen LogP contribution in [0.3, 0.4) is 0 Å². The first-order chi connectivity index (χ1) is 13.5. The van der Waals surface area contributed by atoms with Gasteiger partial charge in [0.25, 0.3) is 5.69 Å². The monoisotopic (exact) mass is 399 g/mol. The van der Waals surface area contributed by atoms with Crippen LogP contribution in [0.5, 0.6) is 0 Å². The van der Waals surface area contributed by atoms with Gasteiger partial charge >= 0.3 is 5.69 Å². The predicted molar refractivity (Wildman–Crippen MR) is 107 cm³/mol. The van der Waals surface area contributed by atoms with Crippen molar-refractivity contribution in [2.75, 3.05) is 6.61 Å². The lowest BCUT2D eigenvalue weighted by atomic mass is 10.0. The number of hydrogen-bond acceptors (Lipinski definition) is 5. The molecule has 4 rings (SSSR count). The van der Waals surface area contributed by atoms with Gasteiger partial charge in [-0.15, -0.1) is 0 Å². The highest BCUT2D eigenvalue weighted by atomic mass is 35.5. The summed E-state index contributed by atoms with van der Waals surface area (Å²) in [5, 5.41) is 12.2. The number of nitrogens with zero attached hydrogens (tertiary/aromatic N) is 3. The molecule has 1 unspecified atom stereocenters. The van der Waals surface area contributed by atoms with Gasteiger partial charge in [0.15, 0.2) is 0 Å². The molecule has 1 fully saturated rings. The van der Waals surface area contributed by atoms with Crippen molar-refractivity contribution in [1.82, 2.24) is 9.55 Å². The zero-order valence-corrected chi connectivity index (χ0v) is 15.8. The van der Waals surface area contributed by atoms with E-state index in [1.54, 1.807) is 30.3 Å². The third-order valence-corrected chi connectivity index (χ3v) is 5.29. The van der Waals surface area contributed by atoms with E-state index in [1.807, 2.05) is 0 Å². The molecule has 1 aliphatic heterocycles. The quantitative estimate of drug-likeness (QED) is 0.484. The molecular weight excluding hydrogens is 382 g/mol. The van der Waals surface area contributed by atoms with Crippen molar-refractivity contribution in [1.29, 1.82) is 0 Å². The summed E-state index contributed by atoms with van der Waals surface area (Å²) in [6.45, 7) is 1.04. The minimum Gasteiger partial charge on any atom is -0.376 e. The van der Waals surface area contributed by atoms with Gasteiger partial charge < -0.3 is 4.74 Å². The molecule has 2 heterocycles. The lowest BCUT2D eigenvalue weighted by Gasteiger charge is -2.24. The highest BCUT2D eigenvalue weighted by molar-refractivity contribution is 6.33. The minimum atomic E-state index is -0.463. The molecular formula is C20H18ClN3O4. The molecule has 1 atom stereocenters. The predicted octanol–water partition coefficient (Wildman–Crippen LogP) is 4.19. The topological polar surface area (TPSA) is 87.3 Å². The van der Waals surface area contributed by atoms with E-state index < -0.39 is 10.6 Å². The molecule has 0 bridgehead atoms. The van der Waals surface area contributed by atoms with Gasteiger partial charge in [-0.1, -0.05) is 29.8 Å². The number of non-ortho nitro benzene ring substituents is 1. The number of nitro benzene ring substituents is 1. The van der Waals surface area contributed by atoms with Crippen LogP contribution >= 0.6 is 11.6 Å². The first-order valence-corrected chi connectivity index (χ1v) is 9.48. The van der Waals surface area contributed by atoms with Crippen molar-refractivity contribution in [3.8, 4) is 11.3 Å². The Hall–Kier alpha value is -2.77. The zero-order valence-electron chi connectivity index (χ0n) is 15.0. The van der Waals surface area contributed by atoms with Crippen molar-refractivity contribution in [3.05, 3.63) is 68.1 Å². The van der Waals surface area contributed by atoms with E-state index in [2.05, 4.69) is 4.98 Å². The summed E-state index contributed by atoms with van der Waals surface area (Å²) in [5.41, 5.74) is 0.991. The largest absolute Gasteiger partial charge is 0.376 e. The molecule has 0 aliphatic carbocycles. The average molecular weight is 400 g/mol. The smallest absolute Gasteiger partial charge is 0.348 e. The lowest BCUT2D eigenvalue weighted by Crippen LogP contribution is -2.32. The first kappa shape index (κ1) is 18.6. The standard InChI is InChI=1S/C20H18ClN3O4/c21-17-7-2-1-6-15(17)19-16-11-13(24(26)27)8-9-18(16)23(20(25)22-19)12-14-5-3-4-10-28-14/h1-2,6-9,11,14H,3-5,10,12H2. The second-order valence-corrected chi connectivity index (χ2v) is 7.19. The van der Waals surface area contributed by atoms with Crippen molar-refractivity contribution in [2.24, 2.45) is 0 Å². The molecule has 0 amide bonds. The molecule has 7 nitrogen and oxygen atoms in total. The summed E-state index contributed by atoms with van der Waals surface area (Å²) in [7, 11) is 0. The number of halogens is 1. The van der Waals surface area contributed by atoms with Crippen molar-refractivity contribution in [2.45, 2.75) is 31.9 Å². The zero-order chi connectivity index (χ0) is 19.7. The van der Waals surface area contributed by atoms with Crippen molar-refractivity contribution >= 4 is 28.2 Å². The van der Waals surface area contributed by atoms with Gasteiger partial charge in [0, 0.05) is 34.7 Å². The van der Waals surface area contributed by atoms with Crippen LogP contribution in [-0.2, 0) is 11.3 Å². The number of hydrogen-bond donors (Lipinski definition) is 0. The Kier molecular flexibility index (Phi) is 5.11. The number of benzene rings is 2. The number of ether oxygens (including phenoxy) is 1. The normalized spacial score (nSPS) is 17.0. The summed E-state index contributed by atoms with van der Waals surface area (Å²) in [5.74, 6) is 0. The first-order valence-electron chi connectivity index (χ1n) is 9.10. The van der Waals surface area contributed by atoms with E-state index >= 15 is 0 Å². The molecule has 0 N–H and O–H groups in total. The minimum absolute atomic E-state index is 0.0679. The summed E-state index contributed by atoms with van der Waals surface area (Å²) < 4.78 is 7.30. The van der Waals surface area contributed by atoms with Crippen LogP contribution in [0.4, 0.5) is 5.69 Å². The second kappa shape index (κ2) is 7.69. The number of fused-ring (bicyclic) bond motifs is 1. The Morgan fingerprint density at radius 2 is 2.07 bits per heavy atom. The lowest BCUT2D eigenvalue weighted by molar-refractivity contribution is -0.384. The Labute approximate surface area is 165 Å². The summed E-state index contributed by atoms with van der Waals surface area (Å²) in [6, 6.07) is 11.4. The maximum atomic E-state index is 12.9. The molecule has 1 aromatic heterocycles. The van der Waals surface area contributed by atoms with Gasteiger partial charge in [-0.05, 0) is 31.4 Å². The van der Waals surface area contributed by atoms with Gasteiger partial charge in [-0.3, -0.25) is 14.7 Å². The Balaban J connectivity index is 1.93. The fraction of sp³-hybridized carbons (Fsp3) is 0.300. The average Bonchev–Trinajstić information content (AvgIpc) is 2.71. The molecule has 0 saturated carbocycles. The van der Waals surface area contributed by atoms with Gasteiger partial charge in [0.2, 0.25) is 0 Å². The third-order valence-electron chi connectivity index (χ3n) is 4.96. The van der Waals surface area contributed by atoms with E-state index in [-0.39, 0.29) is 11.8 Å².